The topological polar surface area (TPSA) is 60.0 Å². The van der Waals surface area contributed by atoms with Gasteiger partial charge in [0.15, 0.2) is 11.5 Å². The zero-order valence-corrected chi connectivity index (χ0v) is 15.1. The third kappa shape index (κ3) is 4.77. The van der Waals surface area contributed by atoms with Gasteiger partial charge in [0.05, 0.1) is 27.9 Å². The van der Waals surface area contributed by atoms with E-state index in [2.05, 4.69) is 10.2 Å². The number of nitrogens with one attached hydrogen (secondary N) is 1. The number of benzene rings is 1. The van der Waals surface area contributed by atoms with E-state index in [0.717, 1.165) is 12.5 Å². The maximum Gasteiger partial charge on any atom is 0.238 e. The standard InChI is InChI=1S/C18H28N2O4/c1-20(11-13-7-5-6-8-13)12-17(21)19-14-9-15(22-2)18(24-4)16(10-14)23-3/h9-10,13H,5-8,11-12H2,1-4H3,(H,19,21). The van der Waals surface area contributed by atoms with Gasteiger partial charge >= 0.3 is 0 Å². The minimum atomic E-state index is -0.0511. The molecule has 1 aromatic carbocycles. The fourth-order valence-electron chi connectivity index (χ4n) is 3.30. The SMILES string of the molecule is COc1cc(NC(=O)CN(C)CC2CCCC2)cc(OC)c1OC. The molecule has 0 spiro atoms. The molecule has 0 aromatic heterocycles. The van der Waals surface area contributed by atoms with E-state index in [1.165, 1.54) is 25.7 Å². The van der Waals surface area contributed by atoms with Gasteiger partial charge in [0, 0.05) is 24.4 Å². The highest BCUT2D eigenvalue weighted by Crippen LogP contribution is 2.39. The number of anilines is 1. The summed E-state index contributed by atoms with van der Waals surface area (Å²) in [4.78, 5) is 14.4. The van der Waals surface area contributed by atoms with Gasteiger partial charge in [0.2, 0.25) is 11.7 Å². The predicted molar refractivity (Wildman–Crippen MR) is 94.2 cm³/mol. The Bertz CT molecular complexity index is 531. The number of methoxy groups -OCH3 is 3. The van der Waals surface area contributed by atoms with Crippen molar-refractivity contribution in [2.45, 2.75) is 25.7 Å². The Morgan fingerprint density at radius 1 is 1.12 bits per heavy atom. The average molecular weight is 336 g/mol. The lowest BCUT2D eigenvalue weighted by atomic mass is 10.1. The highest BCUT2D eigenvalue weighted by molar-refractivity contribution is 5.93. The van der Waals surface area contributed by atoms with Crippen molar-refractivity contribution in [2.24, 2.45) is 5.92 Å². The number of carbonyl (C=O) groups excluding carboxylic acids is 1. The minimum Gasteiger partial charge on any atom is -0.493 e. The van der Waals surface area contributed by atoms with Crippen LogP contribution in [0.5, 0.6) is 17.2 Å². The number of likely N-dealkylation sites (N-methyl/N-ethyl adjacent to an activating group) is 1. The summed E-state index contributed by atoms with van der Waals surface area (Å²) >= 11 is 0. The zero-order valence-electron chi connectivity index (χ0n) is 15.1. The molecule has 1 aliphatic rings. The van der Waals surface area contributed by atoms with E-state index in [9.17, 15) is 4.79 Å². The van der Waals surface area contributed by atoms with Crippen LogP contribution in [0.1, 0.15) is 25.7 Å². The fourth-order valence-corrected chi connectivity index (χ4v) is 3.30. The Kier molecular flexibility index (Phi) is 6.73. The van der Waals surface area contributed by atoms with Gasteiger partial charge in [-0.1, -0.05) is 12.8 Å². The summed E-state index contributed by atoms with van der Waals surface area (Å²) in [7, 11) is 6.65. The highest BCUT2D eigenvalue weighted by Gasteiger charge is 2.19. The first-order valence-electron chi connectivity index (χ1n) is 8.35. The molecule has 1 aromatic rings. The number of amides is 1. The van der Waals surface area contributed by atoms with Crippen molar-refractivity contribution in [3.8, 4) is 17.2 Å². The largest absolute Gasteiger partial charge is 0.493 e. The van der Waals surface area contributed by atoms with Gasteiger partial charge < -0.3 is 19.5 Å². The van der Waals surface area contributed by atoms with Crippen molar-refractivity contribution in [3.63, 3.8) is 0 Å². The van der Waals surface area contributed by atoms with Crippen LogP contribution in [-0.2, 0) is 4.79 Å². The summed E-state index contributed by atoms with van der Waals surface area (Å²) in [6, 6.07) is 3.46. The molecule has 0 bridgehead atoms. The predicted octanol–water partition coefficient (Wildman–Crippen LogP) is 2.77. The molecule has 1 aliphatic carbocycles. The van der Waals surface area contributed by atoms with Gasteiger partial charge in [-0.2, -0.15) is 0 Å². The number of carbonyl (C=O) groups is 1. The Morgan fingerprint density at radius 3 is 2.21 bits per heavy atom. The van der Waals surface area contributed by atoms with Gasteiger partial charge in [-0.25, -0.2) is 0 Å². The fraction of sp³-hybridized carbons (Fsp3) is 0.611. The minimum absolute atomic E-state index is 0.0511. The molecule has 1 saturated carbocycles. The third-order valence-electron chi connectivity index (χ3n) is 4.41. The molecule has 0 saturated heterocycles. The van der Waals surface area contributed by atoms with Gasteiger partial charge in [0.1, 0.15) is 0 Å². The van der Waals surface area contributed by atoms with E-state index in [0.29, 0.717) is 29.5 Å². The Hall–Kier alpha value is -1.95. The van der Waals surface area contributed by atoms with Crippen molar-refractivity contribution in [1.82, 2.24) is 4.90 Å². The maximum absolute atomic E-state index is 12.3. The molecular weight excluding hydrogens is 308 g/mol. The molecule has 0 atom stereocenters. The summed E-state index contributed by atoms with van der Waals surface area (Å²) in [6.45, 7) is 1.34. The first-order chi connectivity index (χ1) is 11.6. The second-order valence-electron chi connectivity index (χ2n) is 6.31. The number of nitrogens with zero attached hydrogens (tertiary/aromatic N) is 1. The lowest BCUT2D eigenvalue weighted by Gasteiger charge is -2.20. The Balaban J connectivity index is 1.97. The second-order valence-corrected chi connectivity index (χ2v) is 6.31. The molecule has 1 amide bonds. The average Bonchev–Trinajstić information content (AvgIpc) is 3.06. The van der Waals surface area contributed by atoms with E-state index in [1.54, 1.807) is 33.5 Å². The van der Waals surface area contributed by atoms with E-state index in [-0.39, 0.29) is 5.91 Å². The molecule has 1 N–H and O–H groups in total. The maximum atomic E-state index is 12.3. The van der Waals surface area contributed by atoms with Crippen LogP contribution in [0, 0.1) is 5.92 Å². The molecule has 0 heterocycles. The molecule has 24 heavy (non-hydrogen) atoms. The summed E-state index contributed by atoms with van der Waals surface area (Å²) in [6.07, 6.45) is 5.18. The van der Waals surface area contributed by atoms with Crippen molar-refractivity contribution < 1.29 is 19.0 Å². The van der Waals surface area contributed by atoms with Crippen LogP contribution in [0.3, 0.4) is 0 Å². The molecule has 0 aliphatic heterocycles. The number of ether oxygens (including phenoxy) is 3. The molecule has 0 unspecified atom stereocenters. The number of hydrogen-bond acceptors (Lipinski definition) is 5. The quantitative estimate of drug-likeness (QED) is 0.791. The molecule has 134 valence electrons. The Morgan fingerprint density at radius 2 is 1.71 bits per heavy atom. The highest BCUT2D eigenvalue weighted by atomic mass is 16.5. The smallest absolute Gasteiger partial charge is 0.238 e. The van der Waals surface area contributed by atoms with E-state index in [4.69, 9.17) is 14.2 Å². The number of hydrogen-bond donors (Lipinski definition) is 1. The van der Waals surface area contributed by atoms with Crippen molar-refractivity contribution in [3.05, 3.63) is 12.1 Å². The normalized spacial score (nSPS) is 14.7. The van der Waals surface area contributed by atoms with Gasteiger partial charge in [0.25, 0.3) is 0 Å². The number of rotatable bonds is 8. The van der Waals surface area contributed by atoms with Crippen LogP contribution in [0.4, 0.5) is 5.69 Å². The molecule has 6 heteroatoms. The van der Waals surface area contributed by atoms with Crippen molar-refractivity contribution in [2.75, 3.05) is 46.8 Å². The lowest BCUT2D eigenvalue weighted by Crippen LogP contribution is -2.33. The van der Waals surface area contributed by atoms with Crippen molar-refractivity contribution >= 4 is 11.6 Å². The lowest BCUT2D eigenvalue weighted by molar-refractivity contribution is -0.117. The zero-order chi connectivity index (χ0) is 17.5. The summed E-state index contributed by atoms with van der Waals surface area (Å²) in [5, 5.41) is 2.90. The first kappa shape index (κ1) is 18.4. The summed E-state index contributed by atoms with van der Waals surface area (Å²) < 4.78 is 15.9. The van der Waals surface area contributed by atoms with Crippen LogP contribution in [0.15, 0.2) is 12.1 Å². The van der Waals surface area contributed by atoms with Crippen LogP contribution in [0.25, 0.3) is 0 Å². The molecule has 0 radical (unpaired) electrons. The van der Waals surface area contributed by atoms with Crippen LogP contribution in [-0.4, -0.2) is 52.3 Å². The van der Waals surface area contributed by atoms with E-state index in [1.807, 2.05) is 7.05 Å². The van der Waals surface area contributed by atoms with Crippen LogP contribution < -0.4 is 19.5 Å². The molecule has 6 nitrogen and oxygen atoms in total. The van der Waals surface area contributed by atoms with E-state index >= 15 is 0 Å². The van der Waals surface area contributed by atoms with Crippen LogP contribution >= 0.6 is 0 Å². The van der Waals surface area contributed by atoms with Crippen molar-refractivity contribution in [1.29, 1.82) is 0 Å². The second kappa shape index (κ2) is 8.78. The molecule has 1 fully saturated rings. The third-order valence-corrected chi connectivity index (χ3v) is 4.41. The molecular formula is C18H28N2O4. The molecule has 2 rings (SSSR count). The summed E-state index contributed by atoms with van der Waals surface area (Å²) in [5.74, 6) is 2.23. The first-order valence-corrected chi connectivity index (χ1v) is 8.35. The van der Waals surface area contributed by atoms with Gasteiger partial charge in [-0.3, -0.25) is 9.69 Å². The van der Waals surface area contributed by atoms with E-state index < -0.39 is 0 Å². The van der Waals surface area contributed by atoms with Gasteiger partial charge in [-0.15, -0.1) is 0 Å². The van der Waals surface area contributed by atoms with Crippen LogP contribution in [0.2, 0.25) is 0 Å². The summed E-state index contributed by atoms with van der Waals surface area (Å²) in [5.41, 5.74) is 0.628. The van der Waals surface area contributed by atoms with Gasteiger partial charge in [-0.05, 0) is 25.8 Å². The Labute approximate surface area is 144 Å². The monoisotopic (exact) mass is 336 g/mol.